The van der Waals surface area contributed by atoms with E-state index in [0.717, 1.165) is 13.0 Å². The summed E-state index contributed by atoms with van der Waals surface area (Å²) in [6, 6.07) is 0. The molecule has 0 N–H and O–H groups in total. The molecule has 0 fully saturated rings. The first-order valence-corrected chi connectivity index (χ1v) is 6.33. The van der Waals surface area contributed by atoms with Crippen LogP contribution in [0.2, 0.25) is 0 Å². The third-order valence-electron chi connectivity index (χ3n) is 2.59. The fourth-order valence-corrected chi connectivity index (χ4v) is 1.42. The number of hydrogen-bond donors (Lipinski definition) is 0. The third kappa shape index (κ3) is 7.40. The second kappa shape index (κ2) is 8.28. The van der Waals surface area contributed by atoms with Crippen LogP contribution < -0.4 is 0 Å². The van der Waals surface area contributed by atoms with Crippen LogP contribution in [-0.2, 0) is 0 Å². The molecule has 0 atom stereocenters. The van der Waals surface area contributed by atoms with Gasteiger partial charge in [-0.15, -0.1) is 11.8 Å². The fraction of sp³-hybridized carbons (Fsp3) is 0.733. The molecule has 0 spiro atoms. The molecule has 0 aromatic carbocycles. The van der Waals surface area contributed by atoms with Crippen molar-refractivity contribution in [2.45, 2.75) is 47.0 Å². The summed E-state index contributed by atoms with van der Waals surface area (Å²) in [4.78, 5) is 2.26. The Hall–Kier alpha value is -0.900. The average molecular weight is 221 g/mol. The van der Waals surface area contributed by atoms with Crippen molar-refractivity contribution in [1.82, 2.24) is 4.90 Å². The molecule has 0 radical (unpaired) electrons. The van der Waals surface area contributed by atoms with Gasteiger partial charge in [-0.05, 0) is 18.8 Å². The Labute approximate surface area is 102 Å². The molecular weight excluding hydrogens is 194 g/mol. The first-order chi connectivity index (χ1) is 7.45. The van der Waals surface area contributed by atoms with Crippen molar-refractivity contribution in [2.24, 2.45) is 11.8 Å². The zero-order valence-corrected chi connectivity index (χ0v) is 11.6. The molecule has 0 aliphatic carbocycles. The van der Waals surface area contributed by atoms with Gasteiger partial charge in [0.2, 0.25) is 0 Å². The number of hydrogen-bond acceptors (Lipinski definition) is 1. The monoisotopic (exact) mass is 221 g/mol. The van der Waals surface area contributed by atoms with Crippen molar-refractivity contribution in [2.75, 3.05) is 13.6 Å². The van der Waals surface area contributed by atoms with E-state index in [1.807, 2.05) is 0 Å². The zero-order valence-electron chi connectivity index (χ0n) is 11.6. The predicted molar refractivity (Wildman–Crippen MR) is 73.1 cm³/mol. The summed E-state index contributed by atoms with van der Waals surface area (Å²) in [5.74, 6) is 7.46. The molecule has 0 saturated carbocycles. The number of nitrogens with zero attached hydrogens (tertiary/aromatic N) is 1. The van der Waals surface area contributed by atoms with Gasteiger partial charge in [-0.25, -0.2) is 0 Å². The van der Waals surface area contributed by atoms with Gasteiger partial charge in [0.15, 0.2) is 0 Å². The Morgan fingerprint density at radius 3 is 2.31 bits per heavy atom. The lowest BCUT2D eigenvalue weighted by molar-refractivity contribution is 0.367. The van der Waals surface area contributed by atoms with E-state index in [1.54, 1.807) is 0 Å². The molecule has 0 aromatic rings. The normalized spacial score (nSPS) is 10.2. The van der Waals surface area contributed by atoms with E-state index in [4.69, 9.17) is 0 Å². The van der Waals surface area contributed by atoms with E-state index >= 15 is 0 Å². The summed E-state index contributed by atoms with van der Waals surface area (Å²) in [5, 5.41) is 0. The fourth-order valence-electron chi connectivity index (χ4n) is 1.42. The minimum Gasteiger partial charge on any atom is -0.378 e. The largest absolute Gasteiger partial charge is 0.378 e. The van der Waals surface area contributed by atoms with Crippen LogP contribution in [0.1, 0.15) is 47.0 Å². The maximum absolute atomic E-state index is 4.09. The van der Waals surface area contributed by atoms with E-state index in [2.05, 4.69) is 58.1 Å². The van der Waals surface area contributed by atoms with Crippen molar-refractivity contribution >= 4 is 0 Å². The van der Waals surface area contributed by atoms with E-state index in [-0.39, 0.29) is 0 Å². The summed E-state index contributed by atoms with van der Waals surface area (Å²) < 4.78 is 0. The SMILES string of the molecule is C=C(C(C)C)N(C)CCCCC#CC(C)C. The Kier molecular flexibility index (Phi) is 7.81. The zero-order chi connectivity index (χ0) is 12.6. The second-order valence-corrected chi connectivity index (χ2v) is 5.00. The van der Waals surface area contributed by atoms with Gasteiger partial charge in [0.1, 0.15) is 0 Å². The van der Waals surface area contributed by atoms with Crippen molar-refractivity contribution in [3.63, 3.8) is 0 Å². The Bertz CT molecular complexity index is 252. The summed E-state index contributed by atoms with van der Waals surface area (Å²) in [5.41, 5.74) is 1.23. The van der Waals surface area contributed by atoms with Crippen molar-refractivity contribution < 1.29 is 0 Å². The van der Waals surface area contributed by atoms with Crippen LogP contribution in [0.4, 0.5) is 0 Å². The van der Waals surface area contributed by atoms with Gasteiger partial charge in [0.25, 0.3) is 0 Å². The Morgan fingerprint density at radius 2 is 1.81 bits per heavy atom. The van der Waals surface area contributed by atoms with Gasteiger partial charge in [-0.2, -0.15) is 0 Å². The van der Waals surface area contributed by atoms with Crippen molar-refractivity contribution in [3.8, 4) is 11.8 Å². The molecule has 0 aliphatic rings. The molecule has 1 nitrogen and oxygen atoms in total. The van der Waals surface area contributed by atoms with Gasteiger partial charge in [-0.3, -0.25) is 0 Å². The van der Waals surface area contributed by atoms with Crippen molar-refractivity contribution in [1.29, 1.82) is 0 Å². The molecule has 0 bridgehead atoms. The molecule has 0 heterocycles. The maximum atomic E-state index is 4.09. The van der Waals surface area contributed by atoms with Crippen LogP contribution in [-0.4, -0.2) is 18.5 Å². The molecule has 0 unspecified atom stereocenters. The molecular formula is C15H27N. The molecule has 0 saturated heterocycles. The molecule has 0 aliphatic heterocycles. The Balaban J connectivity index is 3.61. The second-order valence-electron chi connectivity index (χ2n) is 5.00. The van der Waals surface area contributed by atoms with E-state index in [1.165, 1.54) is 18.5 Å². The van der Waals surface area contributed by atoms with Crippen LogP contribution in [0.25, 0.3) is 0 Å². The highest BCUT2D eigenvalue weighted by Crippen LogP contribution is 2.11. The van der Waals surface area contributed by atoms with Crippen LogP contribution >= 0.6 is 0 Å². The van der Waals surface area contributed by atoms with Gasteiger partial charge in [-0.1, -0.05) is 34.3 Å². The standard InChI is InChI=1S/C15H27N/c1-13(2)11-9-7-8-10-12-16(6)15(5)14(3)4/h13-14H,5,7-8,10,12H2,1-4,6H3. The molecule has 16 heavy (non-hydrogen) atoms. The molecule has 0 amide bonds. The lowest BCUT2D eigenvalue weighted by atomic mass is 10.1. The predicted octanol–water partition coefficient (Wildman–Crippen LogP) is 3.92. The smallest absolute Gasteiger partial charge is 0.0171 e. The van der Waals surface area contributed by atoms with Crippen LogP contribution in [0.15, 0.2) is 12.3 Å². The van der Waals surface area contributed by atoms with Crippen LogP contribution in [0.5, 0.6) is 0 Å². The number of rotatable bonds is 6. The first-order valence-electron chi connectivity index (χ1n) is 6.33. The molecule has 1 heteroatoms. The van der Waals surface area contributed by atoms with Crippen molar-refractivity contribution in [3.05, 3.63) is 12.3 Å². The van der Waals surface area contributed by atoms with Gasteiger partial charge in [0.05, 0.1) is 0 Å². The van der Waals surface area contributed by atoms with E-state index in [0.29, 0.717) is 11.8 Å². The molecule has 0 rings (SSSR count). The van der Waals surface area contributed by atoms with E-state index < -0.39 is 0 Å². The maximum Gasteiger partial charge on any atom is 0.0171 e. The van der Waals surface area contributed by atoms with Gasteiger partial charge >= 0.3 is 0 Å². The highest BCUT2D eigenvalue weighted by molar-refractivity contribution is 5.01. The third-order valence-corrected chi connectivity index (χ3v) is 2.59. The lowest BCUT2D eigenvalue weighted by Crippen LogP contribution is -2.21. The summed E-state index contributed by atoms with van der Waals surface area (Å²) in [6.45, 7) is 13.8. The minimum absolute atomic E-state index is 0.503. The summed E-state index contributed by atoms with van der Waals surface area (Å²) in [7, 11) is 2.13. The minimum atomic E-state index is 0.503. The number of unbranched alkanes of at least 4 members (excludes halogenated alkanes) is 2. The average Bonchev–Trinajstić information content (AvgIpc) is 2.21. The number of allylic oxidation sites excluding steroid dienone is 1. The highest BCUT2D eigenvalue weighted by Gasteiger charge is 2.04. The summed E-state index contributed by atoms with van der Waals surface area (Å²) in [6.07, 6.45) is 3.42. The van der Waals surface area contributed by atoms with Gasteiger partial charge < -0.3 is 4.90 Å². The van der Waals surface area contributed by atoms with E-state index in [9.17, 15) is 0 Å². The highest BCUT2D eigenvalue weighted by atomic mass is 15.1. The molecule has 92 valence electrons. The lowest BCUT2D eigenvalue weighted by Gasteiger charge is -2.24. The quantitative estimate of drug-likeness (QED) is 0.485. The van der Waals surface area contributed by atoms with Crippen LogP contribution in [0.3, 0.4) is 0 Å². The topological polar surface area (TPSA) is 3.24 Å². The van der Waals surface area contributed by atoms with Gasteiger partial charge in [0, 0.05) is 31.6 Å². The molecule has 0 aromatic heterocycles. The first kappa shape index (κ1) is 15.1. The van der Waals surface area contributed by atoms with Crippen LogP contribution in [0, 0.1) is 23.7 Å². The summed E-state index contributed by atoms with van der Waals surface area (Å²) >= 11 is 0. The Morgan fingerprint density at radius 1 is 1.19 bits per heavy atom.